The number of ether oxygens (including phenoxy) is 1. The van der Waals surface area contributed by atoms with Crippen molar-refractivity contribution in [3.05, 3.63) is 0 Å². The Hall–Kier alpha value is -0.860. The van der Waals surface area contributed by atoms with Crippen molar-refractivity contribution in [3.63, 3.8) is 0 Å². The molecule has 0 fully saturated rings. The highest BCUT2D eigenvalue weighted by atomic mass is 16.6. The summed E-state index contributed by atoms with van der Waals surface area (Å²) >= 11 is 0. The molecule has 31 heavy (non-hydrogen) atoms. The molecule has 0 bridgehead atoms. The molecule has 0 saturated heterocycles. The van der Waals surface area contributed by atoms with E-state index in [1.807, 2.05) is 0 Å². The summed E-state index contributed by atoms with van der Waals surface area (Å²) in [4.78, 5) is 23.9. The van der Waals surface area contributed by atoms with Gasteiger partial charge in [0.1, 0.15) is 0 Å². The van der Waals surface area contributed by atoms with E-state index in [2.05, 4.69) is 20.8 Å². The van der Waals surface area contributed by atoms with Crippen LogP contribution in [0.3, 0.4) is 0 Å². The summed E-state index contributed by atoms with van der Waals surface area (Å²) in [6.07, 6.45) is 25.6. The number of hydrogen-bond donors (Lipinski definition) is 0. The summed E-state index contributed by atoms with van der Waals surface area (Å²) in [6, 6.07) is 0. The molecular formula is C28H54O3. The minimum atomic E-state index is -0.330. The molecule has 1 atom stereocenters. The minimum Gasteiger partial charge on any atom is -0.393 e. The minimum absolute atomic E-state index is 0.324. The molecule has 0 aromatic rings. The number of rotatable bonds is 23. The Morgan fingerprint density at radius 3 is 1.42 bits per heavy atom. The van der Waals surface area contributed by atoms with Gasteiger partial charge in [-0.25, -0.2) is 0 Å². The monoisotopic (exact) mass is 438 g/mol. The zero-order chi connectivity index (χ0) is 23.0. The lowest BCUT2D eigenvalue weighted by atomic mass is 9.93. The molecule has 0 N–H and O–H groups in total. The Bertz CT molecular complexity index is 405. The largest absolute Gasteiger partial charge is 0.393 e. The molecule has 0 radical (unpaired) electrons. The van der Waals surface area contributed by atoms with E-state index in [0.29, 0.717) is 18.8 Å². The highest BCUT2D eigenvalue weighted by molar-refractivity contribution is 5.85. The second-order valence-corrected chi connectivity index (χ2v) is 9.50. The summed E-state index contributed by atoms with van der Waals surface area (Å²) in [5.74, 6) is -0.0700. The molecular weight excluding hydrogens is 384 g/mol. The first kappa shape index (κ1) is 30.1. The van der Waals surface area contributed by atoms with Gasteiger partial charge in [0.05, 0.1) is 0 Å². The lowest BCUT2D eigenvalue weighted by Crippen LogP contribution is -2.13. The SMILES string of the molecule is CCCCCCCCCCCC(=O)OC(=O)CCC(CC)CCCCCCCCCC. The zero-order valence-corrected chi connectivity index (χ0v) is 21.4. The first-order chi connectivity index (χ1) is 15.1. The van der Waals surface area contributed by atoms with Crippen molar-refractivity contribution in [1.82, 2.24) is 0 Å². The Balaban J connectivity index is 3.61. The standard InChI is InChI=1S/C28H54O3/c1-4-7-9-11-13-15-17-19-21-23-27(29)31-28(30)25-24-26(6-3)22-20-18-16-14-12-10-8-5-2/h26H,4-25H2,1-3H3. The Labute approximate surface area is 194 Å². The van der Waals surface area contributed by atoms with Gasteiger partial charge in [0.25, 0.3) is 0 Å². The topological polar surface area (TPSA) is 43.4 Å². The Morgan fingerprint density at radius 1 is 0.516 bits per heavy atom. The number of carbonyl (C=O) groups excluding carboxylic acids is 2. The van der Waals surface area contributed by atoms with E-state index in [9.17, 15) is 9.59 Å². The normalized spacial score (nSPS) is 12.1. The lowest BCUT2D eigenvalue weighted by molar-refractivity contribution is -0.159. The molecule has 0 aliphatic rings. The maximum Gasteiger partial charge on any atom is 0.313 e. The fourth-order valence-electron chi connectivity index (χ4n) is 4.25. The van der Waals surface area contributed by atoms with Gasteiger partial charge < -0.3 is 4.74 Å². The van der Waals surface area contributed by atoms with E-state index >= 15 is 0 Å². The van der Waals surface area contributed by atoms with Gasteiger partial charge in [0, 0.05) is 12.8 Å². The molecule has 0 rings (SSSR count). The summed E-state index contributed by atoms with van der Waals surface area (Å²) in [6.45, 7) is 6.70. The summed E-state index contributed by atoms with van der Waals surface area (Å²) < 4.78 is 5.03. The van der Waals surface area contributed by atoms with E-state index in [4.69, 9.17) is 4.74 Å². The average Bonchev–Trinajstić information content (AvgIpc) is 2.76. The molecule has 0 amide bonds. The highest BCUT2D eigenvalue weighted by Crippen LogP contribution is 2.20. The molecule has 3 heteroatoms. The van der Waals surface area contributed by atoms with Crippen LogP contribution in [0.2, 0.25) is 0 Å². The van der Waals surface area contributed by atoms with Gasteiger partial charge in [-0.3, -0.25) is 9.59 Å². The van der Waals surface area contributed by atoms with Crippen LogP contribution in [-0.2, 0) is 14.3 Å². The van der Waals surface area contributed by atoms with Gasteiger partial charge in [-0.05, 0) is 18.8 Å². The highest BCUT2D eigenvalue weighted by Gasteiger charge is 2.13. The van der Waals surface area contributed by atoms with E-state index < -0.39 is 0 Å². The van der Waals surface area contributed by atoms with Crippen LogP contribution in [-0.4, -0.2) is 11.9 Å². The van der Waals surface area contributed by atoms with E-state index in [-0.39, 0.29) is 11.9 Å². The van der Waals surface area contributed by atoms with Crippen LogP contribution in [0.15, 0.2) is 0 Å². The number of unbranched alkanes of at least 4 members (excludes halogenated alkanes) is 15. The maximum absolute atomic E-state index is 12.0. The summed E-state index contributed by atoms with van der Waals surface area (Å²) in [5.41, 5.74) is 0. The molecule has 184 valence electrons. The van der Waals surface area contributed by atoms with Gasteiger partial charge in [-0.2, -0.15) is 0 Å². The second kappa shape index (κ2) is 23.8. The summed E-state index contributed by atoms with van der Waals surface area (Å²) in [7, 11) is 0. The fourth-order valence-corrected chi connectivity index (χ4v) is 4.25. The van der Waals surface area contributed by atoms with Crippen molar-refractivity contribution in [2.24, 2.45) is 5.92 Å². The lowest BCUT2D eigenvalue weighted by Gasteiger charge is -2.14. The van der Waals surface area contributed by atoms with Crippen LogP contribution in [0.4, 0.5) is 0 Å². The van der Waals surface area contributed by atoms with Gasteiger partial charge in [-0.1, -0.05) is 136 Å². The zero-order valence-electron chi connectivity index (χ0n) is 21.4. The van der Waals surface area contributed by atoms with Gasteiger partial charge in [-0.15, -0.1) is 0 Å². The molecule has 0 spiro atoms. The average molecular weight is 439 g/mol. The molecule has 0 aliphatic carbocycles. The van der Waals surface area contributed by atoms with Crippen LogP contribution in [0.25, 0.3) is 0 Å². The second-order valence-electron chi connectivity index (χ2n) is 9.50. The molecule has 3 nitrogen and oxygen atoms in total. The third-order valence-corrected chi connectivity index (χ3v) is 6.51. The third-order valence-electron chi connectivity index (χ3n) is 6.51. The van der Waals surface area contributed by atoms with Gasteiger partial charge >= 0.3 is 11.9 Å². The van der Waals surface area contributed by atoms with Crippen LogP contribution in [0.1, 0.15) is 162 Å². The number of carbonyl (C=O) groups is 2. The smallest absolute Gasteiger partial charge is 0.313 e. The number of esters is 2. The predicted molar refractivity (Wildman–Crippen MR) is 133 cm³/mol. The van der Waals surface area contributed by atoms with Crippen molar-refractivity contribution in [1.29, 1.82) is 0 Å². The van der Waals surface area contributed by atoms with E-state index in [1.165, 1.54) is 103 Å². The van der Waals surface area contributed by atoms with Gasteiger partial charge in [0.2, 0.25) is 0 Å². The van der Waals surface area contributed by atoms with Crippen LogP contribution in [0, 0.1) is 5.92 Å². The fraction of sp³-hybridized carbons (Fsp3) is 0.929. The molecule has 0 saturated carbocycles. The van der Waals surface area contributed by atoms with Crippen molar-refractivity contribution in [2.75, 3.05) is 0 Å². The van der Waals surface area contributed by atoms with Crippen molar-refractivity contribution in [3.8, 4) is 0 Å². The molecule has 0 aromatic carbocycles. The van der Waals surface area contributed by atoms with E-state index in [0.717, 1.165) is 25.7 Å². The third kappa shape index (κ3) is 22.1. The molecule has 0 heterocycles. The molecule has 0 aliphatic heterocycles. The van der Waals surface area contributed by atoms with Crippen LogP contribution in [0.5, 0.6) is 0 Å². The molecule has 0 aromatic heterocycles. The van der Waals surface area contributed by atoms with Crippen molar-refractivity contribution in [2.45, 2.75) is 162 Å². The first-order valence-electron chi connectivity index (χ1n) is 13.9. The Morgan fingerprint density at radius 2 is 0.935 bits per heavy atom. The van der Waals surface area contributed by atoms with Crippen molar-refractivity contribution >= 4 is 11.9 Å². The Kier molecular flexibility index (Phi) is 23.1. The van der Waals surface area contributed by atoms with Gasteiger partial charge in [0.15, 0.2) is 0 Å². The first-order valence-corrected chi connectivity index (χ1v) is 13.9. The van der Waals surface area contributed by atoms with Crippen LogP contribution < -0.4 is 0 Å². The van der Waals surface area contributed by atoms with Crippen LogP contribution >= 0.6 is 0 Å². The van der Waals surface area contributed by atoms with E-state index in [1.54, 1.807) is 0 Å². The van der Waals surface area contributed by atoms with Crippen molar-refractivity contribution < 1.29 is 14.3 Å². The molecule has 1 unspecified atom stereocenters. The predicted octanol–water partition coefficient (Wildman–Crippen LogP) is 9.31. The quantitative estimate of drug-likeness (QED) is 0.0906. The summed E-state index contributed by atoms with van der Waals surface area (Å²) in [5, 5.41) is 0. The number of hydrogen-bond acceptors (Lipinski definition) is 3. The maximum atomic E-state index is 12.0.